The molecule has 1 aliphatic carbocycles. The van der Waals surface area contributed by atoms with E-state index in [0.717, 1.165) is 32.2 Å². The third-order valence-corrected chi connectivity index (χ3v) is 4.57. The lowest BCUT2D eigenvalue weighted by molar-refractivity contribution is -0.149. The number of nitrogens with one attached hydrogen (secondary N) is 2. The molecule has 0 aromatic rings. The van der Waals surface area contributed by atoms with Crippen LogP contribution < -0.4 is 10.6 Å². The Labute approximate surface area is 125 Å². The Hall–Kier alpha value is -1.14. The van der Waals surface area contributed by atoms with Crippen molar-refractivity contribution in [2.45, 2.75) is 51.0 Å². The fourth-order valence-electron chi connectivity index (χ4n) is 3.19. The molecular formula is C15H26N2O4. The summed E-state index contributed by atoms with van der Waals surface area (Å²) in [5.74, 6) is -0.869. The summed E-state index contributed by atoms with van der Waals surface area (Å²) in [4.78, 5) is 23.7. The number of carbonyl (C=O) groups excluding carboxylic acids is 1. The average molecular weight is 298 g/mol. The predicted octanol–water partition coefficient (Wildman–Crippen LogP) is 0.906. The van der Waals surface area contributed by atoms with Gasteiger partial charge in [-0.15, -0.1) is 0 Å². The third kappa shape index (κ3) is 4.68. The average Bonchev–Trinajstić information content (AvgIpc) is 2.73. The van der Waals surface area contributed by atoms with Crippen molar-refractivity contribution in [1.29, 1.82) is 0 Å². The summed E-state index contributed by atoms with van der Waals surface area (Å²) in [6.07, 6.45) is 5.70. The first-order chi connectivity index (χ1) is 10.1. The van der Waals surface area contributed by atoms with E-state index in [2.05, 4.69) is 10.6 Å². The van der Waals surface area contributed by atoms with E-state index in [1.165, 1.54) is 0 Å². The molecule has 1 saturated carbocycles. The summed E-state index contributed by atoms with van der Waals surface area (Å²) in [5.41, 5.74) is -0.775. The lowest BCUT2D eigenvalue weighted by Gasteiger charge is -2.29. The van der Waals surface area contributed by atoms with Crippen molar-refractivity contribution >= 4 is 11.9 Å². The number of carbonyl (C=O) groups is 2. The second-order valence-electron chi connectivity index (χ2n) is 6.21. The van der Waals surface area contributed by atoms with Crippen molar-refractivity contribution in [2.24, 2.45) is 5.41 Å². The largest absolute Gasteiger partial charge is 0.481 e. The maximum Gasteiger partial charge on any atom is 0.311 e. The van der Waals surface area contributed by atoms with Crippen molar-refractivity contribution in [3.05, 3.63) is 0 Å². The molecule has 0 aromatic heterocycles. The van der Waals surface area contributed by atoms with Gasteiger partial charge in [-0.05, 0) is 12.8 Å². The Morgan fingerprint density at radius 3 is 2.52 bits per heavy atom. The standard InChI is InChI=1S/C15H26N2O4/c18-13(9-12-10-21-8-7-16-12)17-11-15(14(19)20)5-3-1-2-4-6-15/h12,16H,1-11H2,(H,17,18)(H,19,20). The van der Waals surface area contributed by atoms with Crippen LogP contribution >= 0.6 is 0 Å². The molecule has 0 radical (unpaired) electrons. The minimum Gasteiger partial charge on any atom is -0.481 e. The summed E-state index contributed by atoms with van der Waals surface area (Å²) >= 11 is 0. The summed E-state index contributed by atoms with van der Waals surface area (Å²) < 4.78 is 5.32. The number of ether oxygens (including phenoxy) is 1. The highest BCUT2D eigenvalue weighted by atomic mass is 16.5. The van der Waals surface area contributed by atoms with Gasteiger partial charge < -0.3 is 20.5 Å². The first kappa shape index (κ1) is 16.2. The van der Waals surface area contributed by atoms with Crippen LogP contribution in [0, 0.1) is 5.41 Å². The van der Waals surface area contributed by atoms with Crippen LogP contribution in [-0.2, 0) is 14.3 Å². The Kier molecular flexibility index (Phi) is 5.99. The van der Waals surface area contributed by atoms with Crippen LogP contribution in [0.5, 0.6) is 0 Å². The van der Waals surface area contributed by atoms with Gasteiger partial charge in [0.05, 0.1) is 18.6 Å². The zero-order valence-electron chi connectivity index (χ0n) is 12.5. The number of carboxylic acid groups (broad SMARTS) is 1. The second-order valence-corrected chi connectivity index (χ2v) is 6.21. The molecule has 1 saturated heterocycles. The van der Waals surface area contributed by atoms with E-state index in [0.29, 0.717) is 32.5 Å². The zero-order valence-corrected chi connectivity index (χ0v) is 12.5. The van der Waals surface area contributed by atoms with Crippen LogP contribution in [0.3, 0.4) is 0 Å². The number of aliphatic carboxylic acids is 1. The van der Waals surface area contributed by atoms with Crippen molar-refractivity contribution in [3.63, 3.8) is 0 Å². The Morgan fingerprint density at radius 1 is 1.24 bits per heavy atom. The van der Waals surface area contributed by atoms with Gasteiger partial charge in [-0.3, -0.25) is 9.59 Å². The first-order valence-electron chi connectivity index (χ1n) is 7.94. The van der Waals surface area contributed by atoms with Crippen LogP contribution in [0.15, 0.2) is 0 Å². The van der Waals surface area contributed by atoms with Crippen LogP contribution in [0.2, 0.25) is 0 Å². The minimum atomic E-state index is -0.775. The Bertz CT molecular complexity index is 359. The van der Waals surface area contributed by atoms with E-state index < -0.39 is 11.4 Å². The molecule has 0 aromatic carbocycles. The molecule has 3 N–H and O–H groups in total. The molecule has 1 amide bonds. The van der Waals surface area contributed by atoms with Gasteiger partial charge in [-0.25, -0.2) is 0 Å². The van der Waals surface area contributed by atoms with Crippen molar-refractivity contribution in [1.82, 2.24) is 10.6 Å². The lowest BCUT2D eigenvalue weighted by atomic mass is 9.80. The van der Waals surface area contributed by atoms with E-state index >= 15 is 0 Å². The van der Waals surface area contributed by atoms with E-state index in [-0.39, 0.29) is 18.5 Å². The fraction of sp³-hybridized carbons (Fsp3) is 0.867. The first-order valence-corrected chi connectivity index (χ1v) is 7.94. The van der Waals surface area contributed by atoms with Gasteiger partial charge in [0.25, 0.3) is 0 Å². The van der Waals surface area contributed by atoms with Gasteiger partial charge in [0, 0.05) is 25.6 Å². The highest BCUT2D eigenvalue weighted by Crippen LogP contribution is 2.34. The Balaban J connectivity index is 1.83. The molecule has 0 bridgehead atoms. The number of morpholine rings is 1. The molecule has 1 aliphatic heterocycles. The van der Waals surface area contributed by atoms with Gasteiger partial charge in [0.1, 0.15) is 0 Å². The SMILES string of the molecule is O=C(CC1COCCN1)NCC1(C(=O)O)CCCCCC1. The lowest BCUT2D eigenvalue weighted by Crippen LogP contribution is -2.47. The molecule has 1 unspecified atom stereocenters. The minimum absolute atomic E-state index is 0.0358. The van der Waals surface area contributed by atoms with E-state index in [4.69, 9.17) is 4.74 Å². The highest BCUT2D eigenvalue weighted by Gasteiger charge is 2.38. The molecule has 6 nitrogen and oxygen atoms in total. The maximum atomic E-state index is 12.0. The number of hydrogen-bond acceptors (Lipinski definition) is 4. The van der Waals surface area contributed by atoms with Crippen LogP contribution in [-0.4, -0.2) is 49.3 Å². The zero-order chi connectivity index (χ0) is 15.1. The molecule has 0 spiro atoms. The molecule has 2 fully saturated rings. The van der Waals surface area contributed by atoms with Crippen LogP contribution in [0.25, 0.3) is 0 Å². The quantitative estimate of drug-likeness (QED) is 0.657. The predicted molar refractivity (Wildman–Crippen MR) is 78.0 cm³/mol. The van der Waals surface area contributed by atoms with Crippen molar-refractivity contribution in [3.8, 4) is 0 Å². The molecule has 120 valence electrons. The van der Waals surface area contributed by atoms with Crippen molar-refractivity contribution < 1.29 is 19.4 Å². The van der Waals surface area contributed by atoms with E-state index in [1.807, 2.05) is 0 Å². The Morgan fingerprint density at radius 2 is 1.95 bits per heavy atom. The van der Waals surface area contributed by atoms with Crippen molar-refractivity contribution in [2.75, 3.05) is 26.3 Å². The summed E-state index contributed by atoms with van der Waals surface area (Å²) in [5, 5.41) is 15.6. The number of hydrogen-bond donors (Lipinski definition) is 3. The summed E-state index contributed by atoms with van der Waals surface area (Å²) in [6.45, 7) is 2.23. The van der Waals surface area contributed by atoms with Gasteiger partial charge in [-0.1, -0.05) is 25.7 Å². The number of carboxylic acids is 1. The fourth-order valence-corrected chi connectivity index (χ4v) is 3.19. The highest BCUT2D eigenvalue weighted by molar-refractivity contribution is 5.79. The molecule has 1 atom stereocenters. The van der Waals surface area contributed by atoms with E-state index in [1.54, 1.807) is 0 Å². The van der Waals surface area contributed by atoms with E-state index in [9.17, 15) is 14.7 Å². The van der Waals surface area contributed by atoms with Gasteiger partial charge in [-0.2, -0.15) is 0 Å². The van der Waals surface area contributed by atoms with Gasteiger partial charge in [0.2, 0.25) is 5.91 Å². The molecule has 1 heterocycles. The molecule has 6 heteroatoms. The number of amides is 1. The molecule has 21 heavy (non-hydrogen) atoms. The summed E-state index contributed by atoms with van der Waals surface area (Å²) in [7, 11) is 0. The smallest absolute Gasteiger partial charge is 0.311 e. The van der Waals surface area contributed by atoms with Gasteiger partial charge in [0.15, 0.2) is 0 Å². The second kappa shape index (κ2) is 7.75. The monoisotopic (exact) mass is 298 g/mol. The molecule has 2 rings (SSSR count). The third-order valence-electron chi connectivity index (χ3n) is 4.57. The topological polar surface area (TPSA) is 87.7 Å². The van der Waals surface area contributed by atoms with Gasteiger partial charge >= 0.3 is 5.97 Å². The van der Waals surface area contributed by atoms with Crippen LogP contribution in [0.1, 0.15) is 44.9 Å². The molecule has 2 aliphatic rings. The molecular weight excluding hydrogens is 272 g/mol. The normalized spacial score (nSPS) is 25.8. The summed E-state index contributed by atoms with van der Waals surface area (Å²) in [6, 6.07) is 0.0358. The maximum absolute atomic E-state index is 12.0. The van der Waals surface area contributed by atoms with Crippen LogP contribution in [0.4, 0.5) is 0 Å². The number of rotatable bonds is 5.